The summed E-state index contributed by atoms with van der Waals surface area (Å²) >= 11 is 0. The summed E-state index contributed by atoms with van der Waals surface area (Å²) in [7, 11) is 0. The van der Waals surface area contributed by atoms with Crippen LogP contribution in [0, 0.1) is 5.92 Å². The Labute approximate surface area is 102 Å². The van der Waals surface area contributed by atoms with E-state index < -0.39 is 0 Å². The van der Waals surface area contributed by atoms with Gasteiger partial charge in [-0.3, -0.25) is 0 Å². The highest BCUT2D eigenvalue weighted by molar-refractivity contribution is 5.90. The quantitative estimate of drug-likeness (QED) is 0.804. The first kappa shape index (κ1) is 10.8. The van der Waals surface area contributed by atoms with Gasteiger partial charge in [-0.05, 0) is 19.4 Å². The SMILES string of the molecule is CC1(C)CC2=NN[C@H](c3ccccc3)[C@@H]2CO1. The monoisotopic (exact) mass is 230 g/mol. The van der Waals surface area contributed by atoms with E-state index in [9.17, 15) is 0 Å². The van der Waals surface area contributed by atoms with Gasteiger partial charge in [0.1, 0.15) is 0 Å². The largest absolute Gasteiger partial charge is 0.374 e. The summed E-state index contributed by atoms with van der Waals surface area (Å²) in [5, 5.41) is 4.50. The van der Waals surface area contributed by atoms with E-state index in [0.29, 0.717) is 5.92 Å². The lowest BCUT2D eigenvalue weighted by Crippen LogP contribution is -2.40. The second-order valence-corrected chi connectivity index (χ2v) is 5.47. The maximum Gasteiger partial charge on any atom is 0.0792 e. The third-order valence-corrected chi connectivity index (χ3v) is 3.60. The lowest BCUT2D eigenvalue weighted by Gasteiger charge is -2.35. The van der Waals surface area contributed by atoms with Crippen LogP contribution in [-0.2, 0) is 4.74 Å². The van der Waals surface area contributed by atoms with E-state index in [1.807, 2.05) is 6.07 Å². The first-order chi connectivity index (χ1) is 8.16. The number of benzene rings is 1. The van der Waals surface area contributed by atoms with E-state index in [-0.39, 0.29) is 11.6 Å². The van der Waals surface area contributed by atoms with E-state index in [1.54, 1.807) is 0 Å². The average Bonchev–Trinajstić information content (AvgIpc) is 2.71. The lowest BCUT2D eigenvalue weighted by molar-refractivity contribution is -0.0389. The Hall–Kier alpha value is -1.35. The van der Waals surface area contributed by atoms with Gasteiger partial charge in [0.05, 0.1) is 18.2 Å². The van der Waals surface area contributed by atoms with Gasteiger partial charge in [-0.2, -0.15) is 5.10 Å². The van der Waals surface area contributed by atoms with Crippen molar-refractivity contribution in [3.05, 3.63) is 35.9 Å². The van der Waals surface area contributed by atoms with Crippen LogP contribution in [0.4, 0.5) is 0 Å². The Balaban J connectivity index is 1.82. The second-order valence-electron chi connectivity index (χ2n) is 5.47. The van der Waals surface area contributed by atoms with Gasteiger partial charge in [0.25, 0.3) is 0 Å². The third-order valence-electron chi connectivity index (χ3n) is 3.60. The topological polar surface area (TPSA) is 33.6 Å². The molecule has 2 heterocycles. The van der Waals surface area contributed by atoms with Crippen molar-refractivity contribution in [1.29, 1.82) is 0 Å². The molecule has 3 nitrogen and oxygen atoms in total. The minimum absolute atomic E-state index is 0.0669. The van der Waals surface area contributed by atoms with Crippen LogP contribution in [0.2, 0.25) is 0 Å². The number of nitrogens with one attached hydrogen (secondary N) is 1. The zero-order valence-electron chi connectivity index (χ0n) is 10.3. The van der Waals surface area contributed by atoms with E-state index >= 15 is 0 Å². The molecule has 90 valence electrons. The summed E-state index contributed by atoms with van der Waals surface area (Å²) in [4.78, 5) is 0. The zero-order valence-corrected chi connectivity index (χ0v) is 10.3. The number of hydrazone groups is 1. The number of hydrogen-bond acceptors (Lipinski definition) is 3. The molecule has 0 saturated carbocycles. The molecule has 17 heavy (non-hydrogen) atoms. The third kappa shape index (κ3) is 1.95. The number of fused-ring (bicyclic) bond motifs is 1. The second kappa shape index (κ2) is 3.84. The van der Waals surface area contributed by atoms with Crippen molar-refractivity contribution >= 4 is 5.71 Å². The minimum Gasteiger partial charge on any atom is -0.374 e. The minimum atomic E-state index is -0.0669. The Morgan fingerprint density at radius 2 is 2.06 bits per heavy atom. The highest BCUT2D eigenvalue weighted by Crippen LogP contribution is 2.36. The number of rotatable bonds is 1. The number of hydrogen-bond donors (Lipinski definition) is 1. The van der Waals surface area contributed by atoms with Crippen LogP contribution >= 0.6 is 0 Å². The van der Waals surface area contributed by atoms with Crippen molar-refractivity contribution in [2.45, 2.75) is 31.9 Å². The molecule has 1 fully saturated rings. The predicted molar refractivity (Wildman–Crippen MR) is 67.9 cm³/mol. The van der Waals surface area contributed by atoms with E-state index in [1.165, 1.54) is 11.3 Å². The van der Waals surface area contributed by atoms with Gasteiger partial charge in [0, 0.05) is 18.1 Å². The summed E-state index contributed by atoms with van der Waals surface area (Å²) in [5.41, 5.74) is 5.74. The summed E-state index contributed by atoms with van der Waals surface area (Å²) < 4.78 is 5.91. The van der Waals surface area contributed by atoms with Crippen LogP contribution in [-0.4, -0.2) is 17.9 Å². The molecule has 0 spiro atoms. The van der Waals surface area contributed by atoms with Crippen molar-refractivity contribution in [2.24, 2.45) is 11.0 Å². The van der Waals surface area contributed by atoms with E-state index in [2.05, 4.69) is 48.6 Å². The Morgan fingerprint density at radius 3 is 2.82 bits per heavy atom. The van der Waals surface area contributed by atoms with Gasteiger partial charge < -0.3 is 10.2 Å². The highest BCUT2D eigenvalue weighted by Gasteiger charge is 2.40. The van der Waals surface area contributed by atoms with Crippen molar-refractivity contribution < 1.29 is 4.74 Å². The average molecular weight is 230 g/mol. The molecule has 3 heteroatoms. The molecule has 0 amide bonds. The molecule has 0 aromatic heterocycles. The van der Waals surface area contributed by atoms with Gasteiger partial charge in [0.15, 0.2) is 0 Å². The summed E-state index contributed by atoms with van der Waals surface area (Å²) in [6.07, 6.45) is 0.925. The molecule has 3 rings (SSSR count). The van der Waals surface area contributed by atoms with Gasteiger partial charge in [0.2, 0.25) is 0 Å². The molecule has 0 aliphatic carbocycles. The Morgan fingerprint density at radius 1 is 1.29 bits per heavy atom. The van der Waals surface area contributed by atoms with Crippen LogP contribution in [0.1, 0.15) is 31.9 Å². The maximum atomic E-state index is 5.91. The van der Waals surface area contributed by atoms with Gasteiger partial charge in [-0.25, -0.2) is 0 Å². The normalized spacial score (nSPS) is 30.4. The van der Waals surface area contributed by atoms with Crippen LogP contribution in [0.25, 0.3) is 0 Å². The van der Waals surface area contributed by atoms with E-state index in [0.717, 1.165) is 13.0 Å². The molecule has 2 atom stereocenters. The summed E-state index contributed by atoms with van der Waals surface area (Å²) in [6.45, 7) is 5.02. The molecule has 1 N–H and O–H groups in total. The first-order valence-corrected chi connectivity index (χ1v) is 6.17. The molecular formula is C14H18N2O. The molecule has 1 aromatic rings. The molecule has 1 saturated heterocycles. The molecule has 0 unspecified atom stereocenters. The fraction of sp³-hybridized carbons (Fsp3) is 0.500. The van der Waals surface area contributed by atoms with Crippen molar-refractivity contribution in [1.82, 2.24) is 5.43 Å². The summed E-state index contributed by atoms with van der Waals surface area (Å²) in [5.74, 6) is 0.394. The highest BCUT2D eigenvalue weighted by atomic mass is 16.5. The smallest absolute Gasteiger partial charge is 0.0792 e. The Kier molecular flexibility index (Phi) is 2.44. The molecule has 2 aliphatic rings. The van der Waals surface area contributed by atoms with Crippen LogP contribution in [0.5, 0.6) is 0 Å². The number of ether oxygens (including phenoxy) is 1. The summed E-state index contributed by atoms with van der Waals surface area (Å²) in [6, 6.07) is 10.8. The maximum absolute atomic E-state index is 5.91. The first-order valence-electron chi connectivity index (χ1n) is 6.17. The lowest BCUT2D eigenvalue weighted by atomic mass is 9.84. The standard InChI is InChI=1S/C14H18N2O/c1-14(2)8-12-11(9-17-14)13(16-15-12)10-6-4-3-5-7-10/h3-7,11,13,16H,8-9H2,1-2H3/t11-,13-/m1/s1. The zero-order chi connectivity index (χ0) is 11.9. The van der Waals surface area contributed by atoms with Crippen LogP contribution < -0.4 is 5.43 Å². The van der Waals surface area contributed by atoms with Gasteiger partial charge in [-0.15, -0.1) is 0 Å². The van der Waals surface area contributed by atoms with Crippen molar-refractivity contribution in [2.75, 3.05) is 6.61 Å². The molecule has 0 radical (unpaired) electrons. The van der Waals surface area contributed by atoms with Crippen LogP contribution in [0.3, 0.4) is 0 Å². The number of nitrogens with zero attached hydrogens (tertiary/aromatic N) is 1. The van der Waals surface area contributed by atoms with Gasteiger partial charge >= 0.3 is 0 Å². The van der Waals surface area contributed by atoms with Gasteiger partial charge in [-0.1, -0.05) is 30.3 Å². The van der Waals surface area contributed by atoms with Crippen LogP contribution in [0.15, 0.2) is 35.4 Å². The molecular weight excluding hydrogens is 212 g/mol. The van der Waals surface area contributed by atoms with Crippen molar-refractivity contribution in [3.8, 4) is 0 Å². The predicted octanol–water partition coefficient (Wildman–Crippen LogP) is 2.50. The Bertz CT molecular complexity index is 439. The fourth-order valence-electron chi connectivity index (χ4n) is 2.65. The molecule has 1 aromatic carbocycles. The molecule has 2 aliphatic heterocycles. The van der Waals surface area contributed by atoms with E-state index in [4.69, 9.17) is 4.74 Å². The van der Waals surface area contributed by atoms with Crippen molar-refractivity contribution in [3.63, 3.8) is 0 Å². The fourth-order valence-corrected chi connectivity index (χ4v) is 2.65. The molecule has 0 bridgehead atoms.